The monoisotopic (exact) mass is 403 g/mol. The van der Waals surface area contributed by atoms with Gasteiger partial charge in [-0.2, -0.15) is 0 Å². The molecular weight excluding hydrogens is 370 g/mol. The van der Waals surface area contributed by atoms with Crippen LogP contribution in [0.3, 0.4) is 0 Å². The van der Waals surface area contributed by atoms with Gasteiger partial charge in [0.2, 0.25) is 0 Å². The zero-order valence-electron chi connectivity index (χ0n) is 17.7. The number of ether oxygens (including phenoxy) is 3. The highest BCUT2D eigenvalue weighted by Gasteiger charge is 2.50. The molecule has 1 aliphatic carbocycles. The molecule has 2 saturated heterocycles. The molecule has 1 saturated carbocycles. The molecule has 1 aromatic carbocycles. The van der Waals surface area contributed by atoms with Gasteiger partial charge in [-0.15, -0.1) is 0 Å². The first kappa shape index (κ1) is 21.7. The number of carbonyl (C=O) groups is 1. The smallest absolute Gasteiger partial charge is 0.332 e. The fraction of sp³-hybridized carbons (Fsp3) is 0.609. The summed E-state index contributed by atoms with van der Waals surface area (Å²) in [6.45, 7) is 6.76. The van der Waals surface area contributed by atoms with Gasteiger partial charge in [0.05, 0.1) is 17.9 Å². The first-order valence-corrected chi connectivity index (χ1v) is 10.3. The van der Waals surface area contributed by atoms with Crippen molar-refractivity contribution < 1.29 is 24.1 Å². The Bertz CT molecular complexity index is 740. The summed E-state index contributed by atoms with van der Waals surface area (Å²) in [7, 11) is 0. The minimum absolute atomic E-state index is 0.00919. The summed E-state index contributed by atoms with van der Waals surface area (Å²) in [6.07, 6.45) is 5.85. The van der Waals surface area contributed by atoms with Crippen LogP contribution in [0.4, 0.5) is 0 Å². The summed E-state index contributed by atoms with van der Waals surface area (Å²) in [6, 6.07) is 7.95. The van der Waals surface area contributed by atoms with E-state index in [9.17, 15) is 9.90 Å². The summed E-state index contributed by atoms with van der Waals surface area (Å²) in [4.78, 5) is 11.8. The average molecular weight is 404 g/mol. The molecule has 29 heavy (non-hydrogen) atoms. The Hall–Kier alpha value is -2.05. The van der Waals surface area contributed by atoms with Crippen molar-refractivity contribution >= 4 is 11.7 Å². The predicted molar refractivity (Wildman–Crippen MR) is 111 cm³/mol. The second kappa shape index (κ2) is 8.36. The molecule has 3 aliphatic rings. The molecule has 4 rings (SSSR count). The molecular formula is C23H33NO5. The highest BCUT2D eigenvalue weighted by atomic mass is 16.6. The van der Waals surface area contributed by atoms with Crippen LogP contribution >= 0.6 is 0 Å². The van der Waals surface area contributed by atoms with Crippen molar-refractivity contribution in [3.63, 3.8) is 0 Å². The van der Waals surface area contributed by atoms with Crippen molar-refractivity contribution in [1.29, 1.82) is 0 Å². The molecule has 2 aliphatic heterocycles. The van der Waals surface area contributed by atoms with Crippen LogP contribution < -0.4 is 5.73 Å². The number of hydrogen-bond donors (Lipinski definition) is 2. The number of benzene rings is 1. The first-order chi connectivity index (χ1) is 13.7. The van der Waals surface area contributed by atoms with Crippen molar-refractivity contribution in [2.75, 3.05) is 19.8 Å². The summed E-state index contributed by atoms with van der Waals surface area (Å²) >= 11 is 0. The highest BCUT2D eigenvalue weighted by Crippen LogP contribution is 2.55. The lowest BCUT2D eigenvalue weighted by Gasteiger charge is -2.53. The minimum atomic E-state index is -0.488. The van der Waals surface area contributed by atoms with E-state index in [4.69, 9.17) is 19.9 Å². The van der Waals surface area contributed by atoms with Gasteiger partial charge < -0.3 is 25.1 Å². The van der Waals surface area contributed by atoms with Gasteiger partial charge in [-0.05, 0) is 69.9 Å². The Kier molecular flexibility index (Phi) is 6.24. The fourth-order valence-electron chi connectivity index (χ4n) is 4.33. The van der Waals surface area contributed by atoms with E-state index in [1.165, 1.54) is 0 Å². The lowest BCUT2D eigenvalue weighted by atomic mass is 9.63. The van der Waals surface area contributed by atoms with Gasteiger partial charge in [0.15, 0.2) is 0 Å². The molecule has 0 aromatic heterocycles. The van der Waals surface area contributed by atoms with E-state index in [0.717, 1.165) is 49.5 Å². The maximum atomic E-state index is 11.8. The quantitative estimate of drug-likeness (QED) is 0.406. The standard InChI is InChI=1S/C23H33NO5/c1-21(2,3)29-20(26)15-27-12-11-22-7-9-23(10-8-22,28-16-22)18-6-4-5-17(13-18)19(24)14-25/h4-6,13-14,25H,7-12,15-16,24H2,1-3H3/b19-14-. The number of carbonyl (C=O) groups excluding carboxylic acids is 1. The van der Waals surface area contributed by atoms with Crippen LogP contribution in [0, 0.1) is 5.41 Å². The normalized spacial score (nSPS) is 27.1. The van der Waals surface area contributed by atoms with Crippen molar-refractivity contribution in [1.82, 2.24) is 0 Å². The summed E-state index contributed by atoms with van der Waals surface area (Å²) in [5.41, 5.74) is 7.50. The molecule has 0 atom stereocenters. The molecule has 6 heteroatoms. The van der Waals surface area contributed by atoms with Gasteiger partial charge in [-0.3, -0.25) is 0 Å². The Morgan fingerprint density at radius 3 is 2.59 bits per heavy atom. The van der Waals surface area contributed by atoms with Crippen LogP contribution in [0.1, 0.15) is 64.0 Å². The molecule has 3 N–H and O–H groups in total. The van der Waals surface area contributed by atoms with E-state index < -0.39 is 5.60 Å². The minimum Gasteiger partial charge on any atom is -0.513 e. The molecule has 160 valence electrons. The molecule has 0 spiro atoms. The number of hydrogen-bond acceptors (Lipinski definition) is 6. The molecule has 2 heterocycles. The van der Waals surface area contributed by atoms with Crippen LogP contribution in [-0.4, -0.2) is 36.5 Å². The van der Waals surface area contributed by atoms with Crippen LogP contribution in [-0.2, 0) is 24.6 Å². The third-order valence-electron chi connectivity index (χ3n) is 6.05. The summed E-state index contributed by atoms with van der Waals surface area (Å²) < 4.78 is 17.2. The van der Waals surface area contributed by atoms with E-state index in [2.05, 4.69) is 6.07 Å². The summed E-state index contributed by atoms with van der Waals surface area (Å²) in [5, 5.41) is 9.19. The SMILES string of the molecule is CC(C)(C)OC(=O)COCCC12CCC(c3cccc(/C(N)=C/O)c3)(CC1)OC2. The Morgan fingerprint density at radius 2 is 2.00 bits per heavy atom. The molecule has 3 fully saturated rings. The van der Waals surface area contributed by atoms with Gasteiger partial charge in [-0.25, -0.2) is 4.79 Å². The number of esters is 1. The lowest BCUT2D eigenvalue weighted by Crippen LogP contribution is -2.49. The van der Waals surface area contributed by atoms with E-state index in [1.807, 2.05) is 39.0 Å². The first-order valence-electron chi connectivity index (χ1n) is 10.3. The van der Waals surface area contributed by atoms with E-state index >= 15 is 0 Å². The van der Waals surface area contributed by atoms with E-state index in [1.54, 1.807) is 0 Å². The van der Waals surface area contributed by atoms with Crippen molar-refractivity contribution in [3.8, 4) is 0 Å². The molecule has 0 amide bonds. The summed E-state index contributed by atoms with van der Waals surface area (Å²) in [5.74, 6) is -0.325. The molecule has 2 bridgehead atoms. The average Bonchev–Trinajstić information content (AvgIpc) is 2.71. The fourth-order valence-corrected chi connectivity index (χ4v) is 4.33. The van der Waals surface area contributed by atoms with E-state index in [-0.39, 0.29) is 23.6 Å². The number of fused-ring (bicyclic) bond motifs is 3. The van der Waals surface area contributed by atoms with Crippen LogP contribution in [0.5, 0.6) is 0 Å². The zero-order chi connectivity index (χ0) is 21.1. The second-order valence-corrected chi connectivity index (χ2v) is 9.34. The van der Waals surface area contributed by atoms with Crippen LogP contribution in [0.25, 0.3) is 5.70 Å². The number of rotatable bonds is 7. The predicted octanol–water partition coefficient (Wildman–Crippen LogP) is 4.04. The Morgan fingerprint density at radius 1 is 1.28 bits per heavy atom. The number of nitrogens with two attached hydrogens (primary N) is 1. The third-order valence-corrected chi connectivity index (χ3v) is 6.05. The van der Waals surface area contributed by atoms with Crippen LogP contribution in [0.15, 0.2) is 30.5 Å². The molecule has 1 aromatic rings. The highest BCUT2D eigenvalue weighted by molar-refractivity contribution is 5.71. The number of aliphatic hydroxyl groups excluding tert-OH is 1. The maximum Gasteiger partial charge on any atom is 0.332 e. The van der Waals surface area contributed by atoms with Crippen molar-refractivity contribution in [2.45, 2.75) is 64.1 Å². The van der Waals surface area contributed by atoms with Crippen molar-refractivity contribution in [2.24, 2.45) is 11.1 Å². The molecule has 0 radical (unpaired) electrons. The zero-order valence-corrected chi connectivity index (χ0v) is 17.7. The molecule has 6 nitrogen and oxygen atoms in total. The van der Waals surface area contributed by atoms with Gasteiger partial charge >= 0.3 is 5.97 Å². The van der Waals surface area contributed by atoms with E-state index in [0.29, 0.717) is 18.9 Å². The Labute approximate surface area is 173 Å². The van der Waals surface area contributed by atoms with Gasteiger partial charge in [0, 0.05) is 12.2 Å². The maximum absolute atomic E-state index is 11.8. The van der Waals surface area contributed by atoms with Crippen molar-refractivity contribution in [3.05, 3.63) is 41.7 Å². The third kappa shape index (κ3) is 5.11. The molecule has 0 unspecified atom stereocenters. The topological polar surface area (TPSA) is 91.0 Å². The van der Waals surface area contributed by atoms with Gasteiger partial charge in [0.25, 0.3) is 0 Å². The van der Waals surface area contributed by atoms with Gasteiger partial charge in [-0.1, -0.05) is 18.2 Å². The largest absolute Gasteiger partial charge is 0.513 e. The number of aliphatic hydroxyl groups is 1. The Balaban J connectivity index is 1.53. The van der Waals surface area contributed by atoms with Gasteiger partial charge in [0.1, 0.15) is 18.5 Å². The lowest BCUT2D eigenvalue weighted by molar-refractivity contribution is -0.195. The van der Waals surface area contributed by atoms with Crippen LogP contribution in [0.2, 0.25) is 0 Å². The second-order valence-electron chi connectivity index (χ2n) is 9.34.